The second kappa shape index (κ2) is 9.23. The van der Waals surface area contributed by atoms with Gasteiger partial charge in [-0.1, -0.05) is 41.9 Å². The highest BCUT2D eigenvalue weighted by Gasteiger charge is 2.38. The smallest absolute Gasteiger partial charge is 0.243 e. The fourth-order valence-corrected chi connectivity index (χ4v) is 7.32. The van der Waals surface area contributed by atoms with E-state index in [9.17, 15) is 16.8 Å². The van der Waals surface area contributed by atoms with E-state index in [1.165, 1.54) is 28.6 Å². The molecule has 0 amide bonds. The van der Waals surface area contributed by atoms with Gasteiger partial charge >= 0.3 is 0 Å². The minimum atomic E-state index is -3.85. The molecule has 3 aromatic rings. The van der Waals surface area contributed by atoms with Gasteiger partial charge in [-0.15, -0.1) is 0 Å². The van der Waals surface area contributed by atoms with Crippen molar-refractivity contribution in [3.63, 3.8) is 0 Å². The first-order chi connectivity index (χ1) is 15.3. The summed E-state index contributed by atoms with van der Waals surface area (Å²) in [5.41, 5.74) is 0. The molecule has 1 fully saturated rings. The zero-order chi connectivity index (χ0) is 22.8. The van der Waals surface area contributed by atoms with Gasteiger partial charge in [0.25, 0.3) is 0 Å². The molecule has 4 rings (SSSR count). The monoisotopic (exact) mass is 491 g/mol. The molecule has 1 aliphatic rings. The quantitative estimate of drug-likeness (QED) is 0.476. The summed E-state index contributed by atoms with van der Waals surface area (Å²) in [6, 6.07) is 20.5. The van der Waals surface area contributed by atoms with Crippen molar-refractivity contribution in [3.8, 4) is 11.5 Å². The van der Waals surface area contributed by atoms with Crippen LogP contribution in [0.5, 0.6) is 11.5 Å². The Morgan fingerprint density at radius 2 is 1.50 bits per heavy atom. The van der Waals surface area contributed by atoms with Crippen molar-refractivity contribution < 1.29 is 21.6 Å². The molecule has 6 nitrogen and oxygen atoms in total. The number of benzene rings is 3. The van der Waals surface area contributed by atoms with Crippen LogP contribution in [0.2, 0.25) is 5.02 Å². The highest BCUT2D eigenvalue weighted by atomic mass is 35.5. The van der Waals surface area contributed by atoms with Gasteiger partial charge in [0.15, 0.2) is 9.84 Å². The van der Waals surface area contributed by atoms with Gasteiger partial charge in [-0.3, -0.25) is 0 Å². The molecule has 0 aromatic heterocycles. The average Bonchev–Trinajstić information content (AvgIpc) is 3.25. The van der Waals surface area contributed by atoms with Crippen LogP contribution >= 0.6 is 11.6 Å². The number of para-hydroxylation sites is 1. The van der Waals surface area contributed by atoms with Crippen molar-refractivity contribution in [2.24, 2.45) is 0 Å². The molecule has 0 N–H and O–H groups in total. The van der Waals surface area contributed by atoms with E-state index in [1.54, 1.807) is 54.6 Å². The third kappa shape index (κ3) is 4.83. The van der Waals surface area contributed by atoms with Crippen LogP contribution < -0.4 is 4.74 Å². The van der Waals surface area contributed by atoms with Crippen LogP contribution in [0.4, 0.5) is 0 Å². The predicted molar refractivity (Wildman–Crippen MR) is 123 cm³/mol. The Hall–Kier alpha value is -2.39. The van der Waals surface area contributed by atoms with Crippen molar-refractivity contribution in [2.75, 3.05) is 12.3 Å². The molecule has 1 unspecified atom stereocenters. The summed E-state index contributed by atoms with van der Waals surface area (Å²) in [6.07, 6.45) is 1.11. The Labute approximate surface area is 193 Å². The Balaban J connectivity index is 1.52. The largest absolute Gasteiger partial charge is 0.456 e. The number of sulfonamides is 1. The Morgan fingerprint density at radius 3 is 2.19 bits per heavy atom. The molecular formula is C23H22ClNO5S2. The number of sulfone groups is 1. The van der Waals surface area contributed by atoms with E-state index in [4.69, 9.17) is 16.3 Å². The second-order valence-electron chi connectivity index (χ2n) is 7.51. The molecule has 1 saturated heterocycles. The van der Waals surface area contributed by atoms with E-state index in [-0.39, 0.29) is 22.1 Å². The molecule has 32 heavy (non-hydrogen) atoms. The Bertz CT molecular complexity index is 1290. The van der Waals surface area contributed by atoms with E-state index in [2.05, 4.69) is 0 Å². The first kappa shape index (κ1) is 22.8. The minimum absolute atomic E-state index is 0.0908. The zero-order valence-corrected chi connectivity index (χ0v) is 19.5. The third-order valence-electron chi connectivity index (χ3n) is 5.33. The molecule has 1 aliphatic heterocycles. The normalized spacial score (nSPS) is 17.3. The predicted octanol–water partition coefficient (Wildman–Crippen LogP) is 4.76. The lowest BCUT2D eigenvalue weighted by molar-refractivity contribution is 0.407. The summed E-state index contributed by atoms with van der Waals surface area (Å²) in [7, 11) is -7.46. The molecule has 9 heteroatoms. The van der Waals surface area contributed by atoms with Gasteiger partial charge in [0, 0.05) is 12.6 Å². The van der Waals surface area contributed by atoms with Crippen LogP contribution in [0.1, 0.15) is 12.8 Å². The van der Waals surface area contributed by atoms with Gasteiger partial charge in [0.1, 0.15) is 11.5 Å². The molecule has 168 valence electrons. The lowest BCUT2D eigenvalue weighted by Crippen LogP contribution is -2.39. The van der Waals surface area contributed by atoms with Crippen molar-refractivity contribution in [1.29, 1.82) is 0 Å². The van der Waals surface area contributed by atoms with Gasteiger partial charge in [-0.25, -0.2) is 16.8 Å². The number of hydrogen-bond acceptors (Lipinski definition) is 5. The SMILES string of the molecule is O=S(=O)(CC1CCCN1S(=O)(=O)c1ccc(Oc2ccccc2Cl)cc1)c1ccccc1. The molecule has 0 spiro atoms. The topological polar surface area (TPSA) is 80.8 Å². The first-order valence-corrected chi connectivity index (χ1v) is 13.6. The van der Waals surface area contributed by atoms with E-state index in [0.29, 0.717) is 29.4 Å². The summed E-state index contributed by atoms with van der Waals surface area (Å²) < 4.78 is 59.1. The maximum absolute atomic E-state index is 13.3. The van der Waals surface area contributed by atoms with Crippen molar-refractivity contribution in [1.82, 2.24) is 4.31 Å². The zero-order valence-electron chi connectivity index (χ0n) is 17.1. The fourth-order valence-electron chi connectivity index (χ4n) is 3.74. The molecule has 1 heterocycles. The highest BCUT2D eigenvalue weighted by Crippen LogP contribution is 2.32. The van der Waals surface area contributed by atoms with E-state index in [0.717, 1.165) is 0 Å². The van der Waals surface area contributed by atoms with Crippen LogP contribution in [0.25, 0.3) is 0 Å². The number of rotatable bonds is 7. The average molecular weight is 492 g/mol. The van der Waals surface area contributed by atoms with Crippen LogP contribution in [0.15, 0.2) is 88.7 Å². The maximum Gasteiger partial charge on any atom is 0.243 e. The van der Waals surface area contributed by atoms with Crippen molar-refractivity contribution in [3.05, 3.63) is 83.9 Å². The van der Waals surface area contributed by atoms with E-state index < -0.39 is 25.9 Å². The number of ether oxygens (including phenoxy) is 1. The van der Waals surface area contributed by atoms with Crippen molar-refractivity contribution >= 4 is 31.5 Å². The number of halogens is 1. The molecule has 3 aromatic carbocycles. The van der Waals surface area contributed by atoms with Crippen LogP contribution in [-0.4, -0.2) is 39.5 Å². The summed E-state index contributed by atoms with van der Waals surface area (Å²) in [5.74, 6) is 0.668. The molecule has 0 saturated carbocycles. The molecule has 1 atom stereocenters. The first-order valence-electron chi connectivity index (χ1n) is 10.1. The summed E-state index contributed by atoms with van der Waals surface area (Å²) in [5, 5.41) is 0.448. The Morgan fingerprint density at radius 1 is 0.844 bits per heavy atom. The van der Waals surface area contributed by atoms with Gasteiger partial charge in [0.2, 0.25) is 10.0 Å². The van der Waals surface area contributed by atoms with E-state index in [1.807, 2.05) is 0 Å². The van der Waals surface area contributed by atoms with Crippen LogP contribution in [-0.2, 0) is 19.9 Å². The summed E-state index contributed by atoms with van der Waals surface area (Å²) in [4.78, 5) is 0.290. The lowest BCUT2D eigenvalue weighted by atomic mass is 10.3. The standard InChI is InChI=1S/C23H22ClNO5S2/c24-22-10-4-5-11-23(22)30-19-12-14-21(15-13-19)32(28,29)25-16-6-7-18(25)17-31(26,27)20-8-2-1-3-9-20/h1-5,8-15,18H,6-7,16-17H2. The van der Waals surface area contributed by atoms with Crippen LogP contribution in [0, 0.1) is 0 Å². The molecular weight excluding hydrogens is 470 g/mol. The molecule has 0 aliphatic carbocycles. The van der Waals surface area contributed by atoms with Gasteiger partial charge in [0.05, 0.1) is 20.6 Å². The molecule has 0 bridgehead atoms. The highest BCUT2D eigenvalue weighted by molar-refractivity contribution is 7.91. The van der Waals surface area contributed by atoms with Gasteiger partial charge in [-0.2, -0.15) is 4.31 Å². The lowest BCUT2D eigenvalue weighted by Gasteiger charge is -2.24. The van der Waals surface area contributed by atoms with Gasteiger partial charge in [-0.05, 0) is 61.4 Å². The Kier molecular flexibility index (Phi) is 6.57. The summed E-state index contributed by atoms with van der Waals surface area (Å²) >= 11 is 6.10. The fraction of sp³-hybridized carbons (Fsp3) is 0.217. The van der Waals surface area contributed by atoms with E-state index >= 15 is 0 Å². The van der Waals surface area contributed by atoms with Gasteiger partial charge < -0.3 is 4.74 Å². The molecule has 0 radical (unpaired) electrons. The number of hydrogen-bond donors (Lipinski definition) is 0. The maximum atomic E-state index is 13.3. The van der Waals surface area contributed by atoms with Crippen molar-refractivity contribution in [2.45, 2.75) is 28.7 Å². The number of nitrogens with zero attached hydrogens (tertiary/aromatic N) is 1. The summed E-state index contributed by atoms with van der Waals surface area (Å²) in [6.45, 7) is 0.287. The third-order valence-corrected chi connectivity index (χ3v) is 9.42. The van der Waals surface area contributed by atoms with Crippen LogP contribution in [0.3, 0.4) is 0 Å². The second-order valence-corrected chi connectivity index (χ2v) is 11.8. The minimum Gasteiger partial charge on any atom is -0.456 e.